The van der Waals surface area contributed by atoms with Crippen LogP contribution in [0.4, 0.5) is 15.9 Å². The first-order chi connectivity index (χ1) is 13.4. The Morgan fingerprint density at radius 3 is 2.89 bits per heavy atom. The molecule has 0 bridgehead atoms. The van der Waals surface area contributed by atoms with Gasteiger partial charge in [0.15, 0.2) is 18.1 Å². The second kappa shape index (κ2) is 8.81. The summed E-state index contributed by atoms with van der Waals surface area (Å²) in [6.45, 7) is -0.297. The first-order valence-corrected chi connectivity index (χ1v) is 8.90. The third-order valence-electron chi connectivity index (χ3n) is 3.31. The summed E-state index contributed by atoms with van der Waals surface area (Å²) in [5.41, 5.74) is 6.29. The molecule has 11 heteroatoms. The number of halogens is 3. The quantitative estimate of drug-likeness (QED) is 0.421. The molecule has 3 aromatic rings. The highest BCUT2D eigenvalue weighted by Gasteiger charge is 2.17. The smallest absolute Gasteiger partial charge is 0.263 e. The van der Waals surface area contributed by atoms with Crippen molar-refractivity contribution >= 4 is 50.8 Å². The van der Waals surface area contributed by atoms with Gasteiger partial charge in [0, 0.05) is 5.02 Å². The Kier molecular flexibility index (Phi) is 6.22. The van der Waals surface area contributed by atoms with Crippen LogP contribution in [0.3, 0.4) is 0 Å². The summed E-state index contributed by atoms with van der Waals surface area (Å²) in [6.07, 6.45) is 0. The van der Waals surface area contributed by atoms with Crippen molar-refractivity contribution in [1.29, 1.82) is 0 Å². The number of carbonyl (C=O) groups excluding carboxylic acids is 1. The van der Waals surface area contributed by atoms with Crippen molar-refractivity contribution < 1.29 is 18.6 Å². The summed E-state index contributed by atoms with van der Waals surface area (Å²) >= 11 is 8.92. The first kappa shape index (κ1) is 19.8. The Morgan fingerprint density at radius 2 is 2.14 bits per heavy atom. The summed E-state index contributed by atoms with van der Waals surface area (Å²) in [4.78, 5) is 16.2. The lowest BCUT2D eigenvalue weighted by Gasteiger charge is -2.06. The van der Waals surface area contributed by atoms with E-state index in [1.54, 1.807) is 24.3 Å². The van der Waals surface area contributed by atoms with Gasteiger partial charge >= 0.3 is 0 Å². The lowest BCUT2D eigenvalue weighted by atomic mass is 10.3. The van der Waals surface area contributed by atoms with Crippen LogP contribution in [-0.4, -0.2) is 28.7 Å². The Balaban J connectivity index is 1.68. The summed E-state index contributed by atoms with van der Waals surface area (Å²) in [5, 5.41) is 10.2. The number of rotatable bonds is 6. The van der Waals surface area contributed by atoms with E-state index in [0.717, 1.165) is 0 Å². The van der Waals surface area contributed by atoms with Crippen LogP contribution in [0.25, 0.3) is 0 Å². The highest BCUT2D eigenvalue weighted by molar-refractivity contribution is 9.10. The maximum atomic E-state index is 13.3. The van der Waals surface area contributed by atoms with Crippen LogP contribution in [0, 0.1) is 5.82 Å². The number of hydrogen-bond donors (Lipinski definition) is 2. The molecule has 0 aliphatic carbocycles. The van der Waals surface area contributed by atoms with Crippen LogP contribution >= 0.6 is 27.5 Å². The standard InChI is InChI=1S/C17H12BrClFN5O3/c18-12-7-10(4-5-13(12)20)22-16(21)15-17(25-28-24-15)23-14(26)8-27-11-3-1-2-9(19)6-11/h1-7H,8H2,(H2,21,22)(H,23,25,26). The minimum absolute atomic E-state index is 0.0246. The fourth-order valence-corrected chi connectivity index (χ4v) is 2.61. The highest BCUT2D eigenvalue weighted by atomic mass is 79.9. The largest absolute Gasteiger partial charge is 0.484 e. The van der Waals surface area contributed by atoms with Gasteiger partial charge in [-0.25, -0.2) is 14.0 Å². The third-order valence-corrected chi connectivity index (χ3v) is 4.15. The van der Waals surface area contributed by atoms with Crippen LogP contribution in [0.15, 0.2) is 56.6 Å². The molecule has 3 N–H and O–H groups in total. The fraction of sp³-hybridized carbons (Fsp3) is 0.0588. The van der Waals surface area contributed by atoms with Gasteiger partial charge in [-0.15, -0.1) is 0 Å². The predicted octanol–water partition coefficient (Wildman–Crippen LogP) is 3.68. The molecule has 0 aliphatic rings. The van der Waals surface area contributed by atoms with E-state index in [1.807, 2.05) is 0 Å². The van der Waals surface area contributed by atoms with Gasteiger partial charge in [0.2, 0.25) is 5.82 Å². The SMILES string of the molecule is NC(=Nc1ccc(F)c(Br)c1)c1nonc1NC(=O)COc1cccc(Cl)c1. The van der Waals surface area contributed by atoms with Crippen molar-refractivity contribution in [3.05, 3.63) is 63.5 Å². The number of amidine groups is 1. The minimum atomic E-state index is -0.519. The molecule has 8 nitrogen and oxygen atoms in total. The van der Waals surface area contributed by atoms with Crippen molar-refractivity contribution in [1.82, 2.24) is 10.3 Å². The van der Waals surface area contributed by atoms with Crippen molar-refractivity contribution in [2.75, 3.05) is 11.9 Å². The van der Waals surface area contributed by atoms with E-state index < -0.39 is 11.7 Å². The minimum Gasteiger partial charge on any atom is -0.484 e. The van der Waals surface area contributed by atoms with E-state index in [-0.39, 0.29) is 28.4 Å². The van der Waals surface area contributed by atoms with Gasteiger partial charge in [-0.3, -0.25) is 4.79 Å². The second-order valence-electron chi connectivity index (χ2n) is 5.35. The number of anilines is 1. The molecule has 3 rings (SSSR count). The van der Waals surface area contributed by atoms with E-state index >= 15 is 0 Å². The topological polar surface area (TPSA) is 116 Å². The molecule has 0 aliphatic heterocycles. The Bertz CT molecular complexity index is 1040. The predicted molar refractivity (Wildman–Crippen MR) is 104 cm³/mol. The summed E-state index contributed by atoms with van der Waals surface area (Å²) in [7, 11) is 0. The van der Waals surface area contributed by atoms with Crippen LogP contribution < -0.4 is 15.8 Å². The molecule has 28 heavy (non-hydrogen) atoms. The van der Waals surface area contributed by atoms with E-state index in [2.05, 4.69) is 41.2 Å². The van der Waals surface area contributed by atoms with Gasteiger partial charge in [-0.2, -0.15) is 0 Å². The summed E-state index contributed by atoms with van der Waals surface area (Å²) in [5.74, 6) is -0.625. The van der Waals surface area contributed by atoms with Gasteiger partial charge in [0.25, 0.3) is 5.91 Å². The molecular weight excluding hydrogens is 457 g/mol. The number of hydrogen-bond acceptors (Lipinski definition) is 6. The maximum Gasteiger partial charge on any atom is 0.263 e. The molecule has 1 heterocycles. The summed E-state index contributed by atoms with van der Waals surface area (Å²) in [6, 6.07) is 10.7. The Morgan fingerprint density at radius 1 is 1.32 bits per heavy atom. The number of aromatic nitrogens is 2. The number of amides is 1. The maximum absolute atomic E-state index is 13.3. The van der Waals surface area contributed by atoms with E-state index in [0.29, 0.717) is 16.5 Å². The molecule has 0 saturated heterocycles. The first-order valence-electron chi connectivity index (χ1n) is 7.73. The fourth-order valence-electron chi connectivity index (χ4n) is 2.06. The number of nitrogens with one attached hydrogen (secondary N) is 1. The zero-order valence-electron chi connectivity index (χ0n) is 14.0. The Labute approximate surface area is 171 Å². The average Bonchev–Trinajstić information content (AvgIpc) is 3.11. The van der Waals surface area contributed by atoms with Gasteiger partial charge in [-0.1, -0.05) is 17.7 Å². The molecule has 144 valence electrons. The van der Waals surface area contributed by atoms with Gasteiger partial charge in [0.05, 0.1) is 10.2 Å². The number of benzene rings is 2. The summed E-state index contributed by atoms with van der Waals surface area (Å²) < 4.78 is 23.5. The lowest BCUT2D eigenvalue weighted by molar-refractivity contribution is -0.118. The van der Waals surface area contributed by atoms with Gasteiger partial charge < -0.3 is 15.8 Å². The average molecular weight is 469 g/mol. The number of aliphatic imine (C=N–C) groups is 1. The second-order valence-corrected chi connectivity index (χ2v) is 6.64. The monoisotopic (exact) mass is 467 g/mol. The zero-order valence-corrected chi connectivity index (χ0v) is 16.4. The Hall–Kier alpha value is -2.98. The van der Waals surface area contributed by atoms with Crippen molar-refractivity contribution in [2.45, 2.75) is 0 Å². The van der Waals surface area contributed by atoms with Crippen LogP contribution in [-0.2, 0) is 4.79 Å². The molecule has 0 unspecified atom stereocenters. The molecule has 0 fully saturated rings. The number of ether oxygens (including phenoxy) is 1. The van der Waals surface area contributed by atoms with Crippen LogP contribution in [0.1, 0.15) is 5.69 Å². The molecule has 2 aromatic carbocycles. The normalized spacial score (nSPS) is 11.3. The zero-order chi connectivity index (χ0) is 20.1. The van der Waals surface area contributed by atoms with Gasteiger partial charge in [-0.05, 0) is 62.6 Å². The van der Waals surface area contributed by atoms with Crippen molar-refractivity contribution in [2.24, 2.45) is 10.7 Å². The van der Waals surface area contributed by atoms with Crippen molar-refractivity contribution in [3.8, 4) is 5.75 Å². The highest BCUT2D eigenvalue weighted by Crippen LogP contribution is 2.23. The van der Waals surface area contributed by atoms with Crippen LogP contribution in [0.2, 0.25) is 5.02 Å². The van der Waals surface area contributed by atoms with E-state index in [1.165, 1.54) is 18.2 Å². The lowest BCUT2D eigenvalue weighted by Crippen LogP contribution is -2.23. The molecule has 0 saturated carbocycles. The van der Waals surface area contributed by atoms with Crippen molar-refractivity contribution in [3.63, 3.8) is 0 Å². The van der Waals surface area contributed by atoms with Crippen LogP contribution in [0.5, 0.6) is 5.75 Å². The molecular formula is C17H12BrClFN5O3. The molecule has 0 spiro atoms. The molecule has 0 radical (unpaired) electrons. The molecule has 1 amide bonds. The van der Waals surface area contributed by atoms with E-state index in [4.69, 9.17) is 22.1 Å². The number of nitrogens with zero attached hydrogens (tertiary/aromatic N) is 3. The molecule has 1 aromatic heterocycles. The van der Waals surface area contributed by atoms with E-state index in [9.17, 15) is 9.18 Å². The number of carbonyl (C=O) groups is 1. The number of nitrogens with two attached hydrogens (primary N) is 1. The third kappa shape index (κ3) is 5.05. The molecule has 0 atom stereocenters. The van der Waals surface area contributed by atoms with Gasteiger partial charge in [0.1, 0.15) is 11.6 Å².